The molecule has 2 aliphatic rings. The summed E-state index contributed by atoms with van der Waals surface area (Å²) in [6.45, 7) is 15.2. The second-order valence-electron chi connectivity index (χ2n) is 9.76. The average molecular weight is 344 g/mol. The van der Waals surface area contributed by atoms with Gasteiger partial charge in [-0.2, -0.15) is 0 Å². The molecule has 1 aromatic carbocycles. The quantitative estimate of drug-likeness (QED) is 0.802. The Kier molecular flexibility index (Phi) is 4.39. The smallest absolute Gasteiger partial charge is 0.410 e. The van der Waals surface area contributed by atoms with Crippen molar-refractivity contribution in [1.82, 2.24) is 9.80 Å². The van der Waals surface area contributed by atoms with Crippen LogP contribution >= 0.6 is 0 Å². The maximum atomic E-state index is 12.3. The van der Waals surface area contributed by atoms with Crippen molar-refractivity contribution >= 4 is 6.09 Å². The van der Waals surface area contributed by atoms with Crippen LogP contribution in [0.1, 0.15) is 53.5 Å². The molecule has 4 heteroatoms. The maximum absolute atomic E-state index is 12.3. The summed E-state index contributed by atoms with van der Waals surface area (Å²) in [4.78, 5) is 16.8. The summed E-state index contributed by atoms with van der Waals surface area (Å²) in [5.74, 6) is 0. The van der Waals surface area contributed by atoms with Crippen molar-refractivity contribution in [2.45, 2.75) is 71.7 Å². The summed E-state index contributed by atoms with van der Waals surface area (Å²) in [7, 11) is 0. The molecular weight excluding hydrogens is 312 g/mol. The Morgan fingerprint density at radius 3 is 2.24 bits per heavy atom. The van der Waals surface area contributed by atoms with Gasteiger partial charge < -0.3 is 9.64 Å². The molecule has 4 nitrogen and oxygen atoms in total. The van der Waals surface area contributed by atoms with E-state index in [4.69, 9.17) is 4.74 Å². The van der Waals surface area contributed by atoms with E-state index >= 15 is 0 Å². The molecule has 2 fully saturated rings. The molecule has 0 saturated carbocycles. The molecule has 0 N–H and O–H groups in total. The molecule has 0 aromatic heterocycles. The zero-order chi connectivity index (χ0) is 18.5. The number of hydrogen-bond acceptors (Lipinski definition) is 3. The summed E-state index contributed by atoms with van der Waals surface area (Å²) in [5, 5.41) is 0. The van der Waals surface area contributed by atoms with Gasteiger partial charge in [0.15, 0.2) is 0 Å². The molecule has 2 saturated heterocycles. The summed E-state index contributed by atoms with van der Waals surface area (Å²) < 4.78 is 5.52. The molecule has 0 aliphatic carbocycles. The predicted octanol–water partition coefficient (Wildman–Crippen LogP) is 4.30. The number of rotatable bonds is 2. The molecule has 2 heterocycles. The van der Waals surface area contributed by atoms with Crippen LogP contribution in [0.3, 0.4) is 0 Å². The van der Waals surface area contributed by atoms with E-state index in [0.29, 0.717) is 6.04 Å². The van der Waals surface area contributed by atoms with Crippen LogP contribution in [-0.4, -0.2) is 46.2 Å². The first-order chi connectivity index (χ1) is 11.5. The van der Waals surface area contributed by atoms with E-state index in [-0.39, 0.29) is 17.0 Å². The molecule has 1 aromatic rings. The predicted molar refractivity (Wildman–Crippen MR) is 100 cm³/mol. The number of likely N-dealkylation sites (tertiary alicyclic amines) is 2. The number of nitrogens with zero attached hydrogens (tertiary/aromatic N) is 2. The van der Waals surface area contributed by atoms with Gasteiger partial charge in [-0.3, -0.25) is 4.90 Å². The van der Waals surface area contributed by atoms with Crippen LogP contribution in [0, 0.1) is 5.41 Å². The van der Waals surface area contributed by atoms with Crippen molar-refractivity contribution in [3.8, 4) is 0 Å². The molecule has 1 spiro atoms. The molecule has 0 radical (unpaired) electrons. The van der Waals surface area contributed by atoms with E-state index in [0.717, 1.165) is 26.1 Å². The van der Waals surface area contributed by atoms with Crippen molar-refractivity contribution < 1.29 is 9.53 Å². The third-order valence-corrected chi connectivity index (χ3v) is 5.38. The number of amides is 1. The zero-order valence-corrected chi connectivity index (χ0v) is 16.5. The summed E-state index contributed by atoms with van der Waals surface area (Å²) in [6.07, 6.45) is 0.972. The molecule has 1 atom stereocenters. The molecule has 1 unspecified atom stereocenters. The van der Waals surface area contributed by atoms with Crippen LogP contribution in [0.4, 0.5) is 4.79 Å². The Labute approximate surface area is 152 Å². The highest BCUT2D eigenvalue weighted by Gasteiger charge is 2.61. The average Bonchev–Trinajstić information content (AvgIpc) is 2.40. The molecule has 25 heavy (non-hydrogen) atoms. The van der Waals surface area contributed by atoms with E-state index in [9.17, 15) is 4.79 Å². The Morgan fingerprint density at radius 1 is 1.12 bits per heavy atom. The maximum Gasteiger partial charge on any atom is 0.410 e. The van der Waals surface area contributed by atoms with Gasteiger partial charge in [0, 0.05) is 25.7 Å². The largest absolute Gasteiger partial charge is 0.444 e. The first-order valence-electron chi connectivity index (χ1n) is 9.29. The Balaban J connectivity index is 1.68. The van der Waals surface area contributed by atoms with E-state index in [2.05, 4.69) is 56.0 Å². The van der Waals surface area contributed by atoms with E-state index < -0.39 is 5.60 Å². The lowest BCUT2D eigenvalue weighted by molar-refractivity contribution is -0.186. The normalized spacial score (nSPS) is 23.1. The number of benzene rings is 1. The Hall–Kier alpha value is -1.55. The highest BCUT2D eigenvalue weighted by atomic mass is 16.6. The zero-order valence-electron chi connectivity index (χ0n) is 16.5. The van der Waals surface area contributed by atoms with Crippen molar-refractivity contribution in [3.63, 3.8) is 0 Å². The van der Waals surface area contributed by atoms with Crippen molar-refractivity contribution in [1.29, 1.82) is 0 Å². The highest BCUT2D eigenvalue weighted by Crippen LogP contribution is 2.50. The Morgan fingerprint density at radius 2 is 1.72 bits per heavy atom. The van der Waals surface area contributed by atoms with Crippen LogP contribution in [0.5, 0.6) is 0 Å². The van der Waals surface area contributed by atoms with E-state index in [1.54, 1.807) is 0 Å². The lowest BCUT2D eigenvalue weighted by atomic mass is 9.64. The second kappa shape index (κ2) is 6.01. The molecular formula is C21H32N2O2. The lowest BCUT2D eigenvalue weighted by Crippen LogP contribution is -2.82. The van der Waals surface area contributed by atoms with Crippen LogP contribution in [0.25, 0.3) is 0 Å². The van der Waals surface area contributed by atoms with Gasteiger partial charge in [-0.05, 0) is 38.2 Å². The van der Waals surface area contributed by atoms with Crippen molar-refractivity contribution in [2.75, 3.05) is 13.1 Å². The number of ether oxygens (including phenoxy) is 1. The summed E-state index contributed by atoms with van der Waals surface area (Å²) in [6, 6.07) is 11.2. The number of hydrogen-bond donors (Lipinski definition) is 0. The van der Waals surface area contributed by atoms with Gasteiger partial charge in [0.05, 0.1) is 5.54 Å². The van der Waals surface area contributed by atoms with Crippen LogP contribution in [-0.2, 0) is 11.3 Å². The first kappa shape index (κ1) is 18.2. The van der Waals surface area contributed by atoms with Gasteiger partial charge in [-0.25, -0.2) is 4.79 Å². The fraction of sp³-hybridized carbons (Fsp3) is 0.667. The number of carbonyl (C=O) groups excluding carboxylic acids is 1. The van der Waals surface area contributed by atoms with Gasteiger partial charge >= 0.3 is 6.09 Å². The van der Waals surface area contributed by atoms with Crippen molar-refractivity contribution in [2.24, 2.45) is 5.41 Å². The van der Waals surface area contributed by atoms with Gasteiger partial charge in [0.1, 0.15) is 5.60 Å². The molecule has 3 rings (SSSR count). The first-order valence-corrected chi connectivity index (χ1v) is 9.29. The minimum absolute atomic E-state index is 0.130. The Bertz CT molecular complexity index is 622. The lowest BCUT2D eigenvalue weighted by Gasteiger charge is -2.68. The molecule has 1 amide bonds. The van der Waals surface area contributed by atoms with E-state index in [1.165, 1.54) is 5.56 Å². The standard InChI is InChI=1S/C21H32N2O2/c1-19(2,3)17-12-21(23(17)13-16-10-8-7-9-11-16)14-22(15-21)18(24)25-20(4,5)6/h7-11,17H,12-15H2,1-6H3. The third-order valence-electron chi connectivity index (χ3n) is 5.38. The van der Waals surface area contributed by atoms with Gasteiger partial charge in [0.2, 0.25) is 0 Å². The van der Waals surface area contributed by atoms with Crippen molar-refractivity contribution in [3.05, 3.63) is 35.9 Å². The number of carbonyl (C=O) groups is 1. The fourth-order valence-corrected chi connectivity index (χ4v) is 4.07. The monoisotopic (exact) mass is 344 g/mol. The highest BCUT2D eigenvalue weighted by molar-refractivity contribution is 5.70. The molecule has 0 bridgehead atoms. The van der Waals surface area contributed by atoms with Gasteiger partial charge in [-0.15, -0.1) is 0 Å². The molecule has 2 aliphatic heterocycles. The molecule has 138 valence electrons. The van der Waals surface area contributed by atoms with Crippen LogP contribution in [0.15, 0.2) is 30.3 Å². The second-order valence-corrected chi connectivity index (χ2v) is 9.76. The summed E-state index contributed by atoms with van der Waals surface area (Å²) in [5.41, 5.74) is 1.28. The van der Waals surface area contributed by atoms with E-state index in [1.807, 2.05) is 25.7 Å². The van der Waals surface area contributed by atoms with Crippen LogP contribution in [0.2, 0.25) is 0 Å². The fourth-order valence-electron chi connectivity index (χ4n) is 4.07. The van der Waals surface area contributed by atoms with Crippen LogP contribution < -0.4 is 0 Å². The van der Waals surface area contributed by atoms with Gasteiger partial charge in [0.25, 0.3) is 0 Å². The topological polar surface area (TPSA) is 32.8 Å². The minimum Gasteiger partial charge on any atom is -0.444 e. The minimum atomic E-state index is -0.433. The SMILES string of the molecule is CC(C)(C)OC(=O)N1CC2(CC(C(C)(C)C)N2Cc2ccccc2)C1. The van der Waals surface area contributed by atoms with Gasteiger partial charge in [-0.1, -0.05) is 51.1 Å². The third kappa shape index (κ3) is 3.69. The summed E-state index contributed by atoms with van der Waals surface area (Å²) >= 11 is 0.